The summed E-state index contributed by atoms with van der Waals surface area (Å²) in [5.41, 5.74) is -2.87. The van der Waals surface area contributed by atoms with Crippen molar-refractivity contribution < 1.29 is 71.5 Å². The molecular weight excluding hydrogens is 711 g/mol. The summed E-state index contributed by atoms with van der Waals surface area (Å²) in [7, 11) is -3.13. The molecule has 0 aromatic heterocycles. The Balaban J connectivity index is 0.000000286. The first-order valence-electron chi connectivity index (χ1n) is 13.8. The van der Waals surface area contributed by atoms with Gasteiger partial charge in [-0.05, 0) is 83.6 Å². The molecule has 0 amide bonds. The second kappa shape index (κ2) is 17.2. The van der Waals surface area contributed by atoms with Crippen molar-refractivity contribution in [1.82, 2.24) is 0 Å². The molecule has 0 fully saturated rings. The number of hydrogen-bond donors (Lipinski definition) is 1. The lowest BCUT2D eigenvalue weighted by atomic mass is 10.0. The van der Waals surface area contributed by atoms with Gasteiger partial charge in [0.15, 0.2) is 0 Å². The largest absolute Gasteiger partial charge is 0.522 e. The zero-order chi connectivity index (χ0) is 37.9. The highest BCUT2D eigenvalue weighted by atomic mass is 32.2. The predicted octanol–water partition coefficient (Wildman–Crippen LogP) is 8.56. The first-order valence-corrected chi connectivity index (χ1v) is 15.2. The lowest BCUT2D eigenvalue weighted by Crippen LogP contribution is -2.21. The number of halogens is 9. The second-order valence-corrected chi connectivity index (χ2v) is 11.5. The van der Waals surface area contributed by atoms with Gasteiger partial charge in [-0.2, -0.15) is 47.9 Å². The predicted molar refractivity (Wildman–Crippen MR) is 162 cm³/mol. The maximum Gasteiger partial charge on any atom is 0.522 e. The number of carbonyl (C=O) groups is 2. The Morgan fingerprint density at radius 3 is 1.12 bits per heavy atom. The van der Waals surface area contributed by atoms with Crippen LogP contribution in [0.1, 0.15) is 54.1 Å². The van der Waals surface area contributed by atoms with E-state index in [0.717, 1.165) is 35.4 Å². The highest BCUT2D eigenvalue weighted by Gasteiger charge is 2.44. The smallest absolute Gasteiger partial charge is 0.465 e. The summed E-state index contributed by atoms with van der Waals surface area (Å²) in [6, 6.07) is 23.6. The fraction of sp³-hybridized carbons (Fsp3) is 0.212. The molecule has 0 aliphatic heterocycles. The molecule has 1 N–H and O–H groups in total. The Bertz CT molecular complexity index is 1720. The summed E-state index contributed by atoms with van der Waals surface area (Å²) in [5.74, 6) is -0.722. The third-order valence-electron chi connectivity index (χ3n) is 6.37. The van der Waals surface area contributed by atoms with E-state index in [9.17, 15) is 49.1 Å². The van der Waals surface area contributed by atoms with Crippen LogP contribution in [-0.2, 0) is 44.8 Å². The number of esters is 2. The number of benzene rings is 4. The number of carbonyl (C=O) groups excluding carboxylic acids is 2. The lowest BCUT2D eigenvalue weighted by Gasteiger charge is -2.09. The van der Waals surface area contributed by atoms with Crippen LogP contribution in [0, 0.1) is 0 Å². The Morgan fingerprint density at radius 1 is 0.560 bits per heavy atom. The first-order chi connectivity index (χ1) is 23.0. The zero-order valence-electron chi connectivity index (χ0n) is 25.9. The van der Waals surface area contributed by atoms with E-state index in [0.29, 0.717) is 28.7 Å². The van der Waals surface area contributed by atoms with E-state index in [4.69, 9.17) is 22.4 Å². The maximum absolute atomic E-state index is 12.4. The van der Waals surface area contributed by atoms with Crippen molar-refractivity contribution in [2.45, 2.75) is 30.7 Å². The number of rotatable bonds is 6. The standard InChI is InChI=1S/C17H16O4.C15H10F6.CHF3O3S/c1-20-16(18)14-7-3-5-12(10-14)9-13-6-4-8-15(11-13)17(19)21-2;16-14(17,18)12-5-1-10(2-6-12)9-11-3-7-13(8-4-11)15(19,20)21;2-1(3,4)8(5,6)7/h3-8,10-11H,9H2,1-2H3;1-8H,9H2;(H,5,6,7). The minimum Gasteiger partial charge on any atom is -0.465 e. The number of alkyl halides is 9. The Labute approximate surface area is 280 Å². The molecule has 4 aromatic carbocycles. The van der Waals surface area contributed by atoms with E-state index in [1.165, 1.54) is 38.5 Å². The molecule has 0 saturated carbocycles. The van der Waals surface area contributed by atoms with E-state index in [1.54, 1.807) is 24.3 Å². The van der Waals surface area contributed by atoms with Gasteiger partial charge in [0.1, 0.15) is 0 Å². The topological polar surface area (TPSA) is 107 Å². The van der Waals surface area contributed by atoms with Gasteiger partial charge in [-0.15, -0.1) is 0 Å². The summed E-state index contributed by atoms with van der Waals surface area (Å²) in [6.07, 6.45) is -7.90. The van der Waals surface area contributed by atoms with Crippen molar-refractivity contribution in [2.75, 3.05) is 14.2 Å². The van der Waals surface area contributed by atoms with Gasteiger partial charge < -0.3 is 9.47 Å². The fourth-order valence-corrected chi connectivity index (χ4v) is 3.95. The minimum atomic E-state index is -5.84. The SMILES string of the molecule is COC(=O)c1cccc(Cc2cccc(C(=O)OC)c2)c1.FC(F)(F)c1ccc(Cc2ccc(C(F)(F)F)cc2)cc1.O=S(=O)(O)C(F)(F)F. The Kier molecular flexibility index (Phi) is 14.2. The van der Waals surface area contributed by atoms with Crippen LogP contribution in [0.3, 0.4) is 0 Å². The van der Waals surface area contributed by atoms with E-state index in [-0.39, 0.29) is 18.4 Å². The number of hydrogen-bond acceptors (Lipinski definition) is 6. The third-order valence-corrected chi connectivity index (χ3v) is 6.95. The van der Waals surface area contributed by atoms with E-state index >= 15 is 0 Å². The van der Waals surface area contributed by atoms with Crippen LogP contribution in [0.5, 0.6) is 0 Å². The van der Waals surface area contributed by atoms with Gasteiger partial charge in [0.2, 0.25) is 0 Å². The molecule has 0 aliphatic carbocycles. The average molecular weight is 739 g/mol. The van der Waals surface area contributed by atoms with Crippen LogP contribution in [-0.4, -0.2) is 44.6 Å². The van der Waals surface area contributed by atoms with Gasteiger partial charge >= 0.3 is 39.9 Å². The van der Waals surface area contributed by atoms with Gasteiger partial charge in [-0.3, -0.25) is 4.55 Å². The summed E-state index contributed by atoms with van der Waals surface area (Å²) in [5, 5.41) is 0. The highest BCUT2D eigenvalue weighted by Crippen LogP contribution is 2.31. The summed E-state index contributed by atoms with van der Waals surface area (Å²) in [4.78, 5) is 23.0. The minimum absolute atomic E-state index is 0.274. The van der Waals surface area contributed by atoms with Crippen molar-refractivity contribution in [1.29, 1.82) is 0 Å². The molecule has 50 heavy (non-hydrogen) atoms. The summed E-state index contributed by atoms with van der Waals surface area (Å²) < 4.78 is 141. The molecule has 0 saturated heterocycles. The highest BCUT2D eigenvalue weighted by molar-refractivity contribution is 7.86. The van der Waals surface area contributed by atoms with E-state index in [1.807, 2.05) is 24.3 Å². The van der Waals surface area contributed by atoms with Crippen LogP contribution in [0.15, 0.2) is 97.1 Å². The van der Waals surface area contributed by atoms with Gasteiger partial charge in [-0.25, -0.2) is 9.59 Å². The Morgan fingerprint density at radius 2 is 0.860 bits per heavy atom. The van der Waals surface area contributed by atoms with Crippen LogP contribution in [0.4, 0.5) is 39.5 Å². The van der Waals surface area contributed by atoms with Crippen molar-refractivity contribution in [3.63, 3.8) is 0 Å². The Hall–Kier alpha value is -4.90. The molecule has 270 valence electrons. The third kappa shape index (κ3) is 13.2. The molecular formula is C33H27F9O7S. The molecule has 4 rings (SSSR count). The van der Waals surface area contributed by atoms with Crippen LogP contribution >= 0.6 is 0 Å². The van der Waals surface area contributed by atoms with Crippen molar-refractivity contribution in [3.05, 3.63) is 142 Å². The van der Waals surface area contributed by atoms with Gasteiger partial charge in [0, 0.05) is 0 Å². The quantitative estimate of drug-likeness (QED) is 0.0915. The molecule has 0 unspecified atom stereocenters. The molecule has 0 atom stereocenters. The molecule has 17 heteroatoms. The monoisotopic (exact) mass is 738 g/mol. The number of ether oxygens (including phenoxy) is 2. The molecule has 0 heterocycles. The molecule has 0 bridgehead atoms. The van der Waals surface area contributed by atoms with Gasteiger partial charge in [0.05, 0.1) is 36.5 Å². The number of methoxy groups -OCH3 is 2. The molecule has 0 spiro atoms. The van der Waals surface area contributed by atoms with Crippen molar-refractivity contribution >= 4 is 22.1 Å². The summed E-state index contributed by atoms with van der Waals surface area (Å²) >= 11 is 0. The molecule has 0 aliphatic rings. The maximum atomic E-state index is 12.4. The zero-order valence-corrected chi connectivity index (χ0v) is 26.7. The normalized spacial score (nSPS) is 11.7. The first kappa shape index (κ1) is 41.3. The summed E-state index contributed by atoms with van der Waals surface area (Å²) in [6.45, 7) is 0. The van der Waals surface area contributed by atoms with Crippen LogP contribution < -0.4 is 0 Å². The average Bonchev–Trinajstić information content (AvgIpc) is 3.03. The molecule has 0 radical (unpaired) electrons. The van der Waals surface area contributed by atoms with Crippen molar-refractivity contribution in [3.8, 4) is 0 Å². The van der Waals surface area contributed by atoms with Crippen LogP contribution in [0.2, 0.25) is 0 Å². The van der Waals surface area contributed by atoms with E-state index in [2.05, 4.69) is 0 Å². The second-order valence-electron chi connectivity index (χ2n) is 10.0. The lowest BCUT2D eigenvalue weighted by molar-refractivity contribution is -0.138. The van der Waals surface area contributed by atoms with Crippen LogP contribution in [0.25, 0.3) is 0 Å². The van der Waals surface area contributed by atoms with Crippen molar-refractivity contribution in [2.24, 2.45) is 0 Å². The van der Waals surface area contributed by atoms with Gasteiger partial charge in [-0.1, -0.05) is 48.5 Å². The van der Waals surface area contributed by atoms with E-state index < -0.39 is 39.1 Å². The molecule has 7 nitrogen and oxygen atoms in total. The fourth-order valence-electron chi connectivity index (χ4n) is 3.95. The van der Waals surface area contributed by atoms with Gasteiger partial charge in [0.25, 0.3) is 0 Å². The molecule has 4 aromatic rings.